The Hall–Kier alpha value is -1.87. The van der Waals surface area contributed by atoms with E-state index in [0.717, 1.165) is 0 Å². The molecule has 1 aromatic rings. The van der Waals surface area contributed by atoms with Crippen LogP contribution >= 0.6 is 0 Å². The average molecular weight is 221 g/mol. The first-order chi connectivity index (χ1) is 7.57. The highest BCUT2D eigenvalue weighted by atomic mass is 16.4. The Bertz CT molecular complexity index is 306. The molecule has 0 bridgehead atoms. The largest absolute Gasteiger partial charge is 0.478 e. The van der Waals surface area contributed by atoms with Crippen LogP contribution in [0.15, 0.2) is 49.1 Å². The SMILES string of the molecule is C=C(C)C(=O)O.C=Cc1ccccc1.CN. The monoisotopic (exact) mass is 221 g/mol. The highest BCUT2D eigenvalue weighted by molar-refractivity contribution is 5.84. The van der Waals surface area contributed by atoms with Crippen molar-refractivity contribution in [3.8, 4) is 0 Å². The number of nitrogens with two attached hydrogens (primary N) is 1. The van der Waals surface area contributed by atoms with Crippen LogP contribution < -0.4 is 5.73 Å². The topological polar surface area (TPSA) is 63.3 Å². The van der Waals surface area contributed by atoms with Gasteiger partial charge in [-0.05, 0) is 19.5 Å². The molecule has 0 aliphatic carbocycles. The van der Waals surface area contributed by atoms with Crippen molar-refractivity contribution in [3.05, 3.63) is 54.6 Å². The zero-order chi connectivity index (χ0) is 13.0. The molecule has 16 heavy (non-hydrogen) atoms. The van der Waals surface area contributed by atoms with Crippen LogP contribution in [0.25, 0.3) is 6.08 Å². The van der Waals surface area contributed by atoms with Gasteiger partial charge in [0.1, 0.15) is 0 Å². The van der Waals surface area contributed by atoms with E-state index in [1.165, 1.54) is 19.5 Å². The van der Waals surface area contributed by atoms with Gasteiger partial charge in [0.05, 0.1) is 0 Å². The lowest BCUT2D eigenvalue weighted by Crippen LogP contribution is -1.92. The fourth-order valence-electron chi connectivity index (χ4n) is 0.589. The van der Waals surface area contributed by atoms with Gasteiger partial charge in [0.25, 0.3) is 0 Å². The summed E-state index contributed by atoms with van der Waals surface area (Å²) in [6.07, 6.45) is 1.83. The quantitative estimate of drug-likeness (QED) is 0.754. The van der Waals surface area contributed by atoms with E-state index in [1.807, 2.05) is 36.4 Å². The van der Waals surface area contributed by atoms with E-state index in [4.69, 9.17) is 5.11 Å². The molecule has 1 rings (SSSR count). The van der Waals surface area contributed by atoms with Crippen LogP contribution in [0.1, 0.15) is 12.5 Å². The van der Waals surface area contributed by atoms with Crippen LogP contribution in [0, 0.1) is 0 Å². The summed E-state index contributed by atoms with van der Waals surface area (Å²) >= 11 is 0. The fourth-order valence-corrected chi connectivity index (χ4v) is 0.589. The third-order valence-electron chi connectivity index (χ3n) is 1.40. The number of hydrogen-bond donors (Lipinski definition) is 2. The summed E-state index contributed by atoms with van der Waals surface area (Å²) in [4.78, 5) is 9.60. The van der Waals surface area contributed by atoms with Gasteiger partial charge in [-0.15, -0.1) is 0 Å². The van der Waals surface area contributed by atoms with Crippen molar-refractivity contribution in [2.45, 2.75) is 6.92 Å². The first-order valence-electron chi connectivity index (χ1n) is 4.72. The maximum atomic E-state index is 9.60. The molecule has 3 N–H and O–H groups in total. The van der Waals surface area contributed by atoms with Crippen LogP contribution in [0.3, 0.4) is 0 Å². The zero-order valence-electron chi connectivity index (χ0n) is 9.81. The Balaban J connectivity index is 0. The van der Waals surface area contributed by atoms with Crippen LogP contribution in [-0.4, -0.2) is 18.1 Å². The number of benzene rings is 1. The first kappa shape index (κ1) is 16.6. The molecule has 0 aliphatic heterocycles. The maximum absolute atomic E-state index is 9.60. The summed E-state index contributed by atoms with van der Waals surface area (Å²) in [5.74, 6) is -0.935. The second-order valence-corrected chi connectivity index (χ2v) is 2.70. The van der Waals surface area contributed by atoms with Crippen molar-refractivity contribution in [2.24, 2.45) is 5.73 Å². The van der Waals surface area contributed by atoms with Crippen molar-refractivity contribution < 1.29 is 9.90 Å². The number of rotatable bonds is 2. The van der Waals surface area contributed by atoms with E-state index in [1.54, 1.807) is 0 Å². The summed E-state index contributed by atoms with van der Waals surface area (Å²) in [6.45, 7) is 8.23. The smallest absolute Gasteiger partial charge is 0.330 e. The molecule has 3 heteroatoms. The molecule has 1 aromatic carbocycles. The zero-order valence-corrected chi connectivity index (χ0v) is 9.81. The van der Waals surface area contributed by atoms with Gasteiger partial charge >= 0.3 is 5.97 Å². The molecule has 3 nitrogen and oxygen atoms in total. The Morgan fingerprint density at radius 3 is 1.88 bits per heavy atom. The van der Waals surface area contributed by atoms with Gasteiger partial charge in [0.15, 0.2) is 0 Å². The van der Waals surface area contributed by atoms with Gasteiger partial charge < -0.3 is 10.8 Å². The minimum Gasteiger partial charge on any atom is -0.478 e. The molecule has 0 unspecified atom stereocenters. The van der Waals surface area contributed by atoms with E-state index in [2.05, 4.69) is 18.9 Å². The minimum atomic E-state index is -0.935. The van der Waals surface area contributed by atoms with Crippen LogP contribution in [0.4, 0.5) is 0 Å². The van der Waals surface area contributed by atoms with Gasteiger partial charge in [-0.1, -0.05) is 49.6 Å². The molecule has 0 fully saturated rings. The van der Waals surface area contributed by atoms with Crippen LogP contribution in [-0.2, 0) is 4.79 Å². The van der Waals surface area contributed by atoms with Gasteiger partial charge in [0, 0.05) is 5.57 Å². The third-order valence-corrected chi connectivity index (χ3v) is 1.40. The Morgan fingerprint density at radius 1 is 1.31 bits per heavy atom. The molecule has 0 aliphatic rings. The first-order valence-corrected chi connectivity index (χ1v) is 4.72. The highest BCUT2D eigenvalue weighted by Gasteiger charge is 1.90. The number of carboxylic acids is 1. The Labute approximate surface area is 96.9 Å². The summed E-state index contributed by atoms with van der Waals surface area (Å²) in [7, 11) is 1.50. The van der Waals surface area contributed by atoms with Crippen LogP contribution in [0.5, 0.6) is 0 Å². The molecule has 0 atom stereocenters. The molecular weight excluding hydrogens is 202 g/mol. The Kier molecular flexibility index (Phi) is 11.6. The fraction of sp³-hybridized carbons (Fsp3) is 0.154. The average Bonchev–Trinajstić information content (AvgIpc) is 2.33. The summed E-state index contributed by atoms with van der Waals surface area (Å²) in [6, 6.07) is 10.0. The standard InChI is InChI=1S/C8H8.C4H6O2.CH5N/c1-2-8-6-4-3-5-7-8;1-3(2)4(5)6;1-2/h2-7H,1H2;1H2,2H3,(H,5,6);2H2,1H3. The van der Waals surface area contributed by atoms with Gasteiger partial charge in [0.2, 0.25) is 0 Å². The number of carboxylic acid groups (broad SMARTS) is 1. The highest BCUT2D eigenvalue weighted by Crippen LogP contribution is 1.97. The van der Waals surface area contributed by atoms with Crippen molar-refractivity contribution in [1.29, 1.82) is 0 Å². The van der Waals surface area contributed by atoms with Crippen LogP contribution in [0.2, 0.25) is 0 Å². The lowest BCUT2D eigenvalue weighted by Gasteiger charge is -1.85. The third kappa shape index (κ3) is 10.2. The predicted molar refractivity (Wildman–Crippen MR) is 69.1 cm³/mol. The van der Waals surface area contributed by atoms with Crippen molar-refractivity contribution in [3.63, 3.8) is 0 Å². The minimum absolute atomic E-state index is 0.176. The lowest BCUT2D eigenvalue weighted by molar-refractivity contribution is -0.132. The molecule has 0 saturated heterocycles. The van der Waals surface area contributed by atoms with Crippen molar-refractivity contribution in [2.75, 3.05) is 7.05 Å². The summed E-state index contributed by atoms with van der Waals surface area (Å²) < 4.78 is 0. The maximum Gasteiger partial charge on any atom is 0.330 e. The van der Waals surface area contributed by atoms with E-state index in [0.29, 0.717) is 0 Å². The van der Waals surface area contributed by atoms with Crippen molar-refractivity contribution >= 4 is 12.0 Å². The summed E-state index contributed by atoms with van der Waals surface area (Å²) in [5.41, 5.74) is 5.85. The van der Waals surface area contributed by atoms with Gasteiger partial charge in [-0.2, -0.15) is 0 Å². The molecule has 0 saturated carbocycles. The van der Waals surface area contributed by atoms with E-state index in [-0.39, 0.29) is 5.57 Å². The molecule has 0 heterocycles. The summed E-state index contributed by atoms with van der Waals surface area (Å²) in [5, 5.41) is 7.89. The molecule has 0 aromatic heterocycles. The Morgan fingerprint density at radius 2 is 1.69 bits per heavy atom. The second-order valence-electron chi connectivity index (χ2n) is 2.70. The number of hydrogen-bond acceptors (Lipinski definition) is 2. The molecule has 0 spiro atoms. The number of carbonyl (C=O) groups is 1. The van der Waals surface area contributed by atoms with E-state index < -0.39 is 5.97 Å². The molecule has 0 radical (unpaired) electrons. The predicted octanol–water partition coefficient (Wildman–Crippen LogP) is 2.55. The second kappa shape index (κ2) is 11.2. The van der Waals surface area contributed by atoms with Gasteiger partial charge in [-0.3, -0.25) is 0 Å². The normalized spacial score (nSPS) is 7.44. The molecular formula is C13H19NO2. The molecule has 88 valence electrons. The van der Waals surface area contributed by atoms with Gasteiger partial charge in [-0.25, -0.2) is 4.79 Å². The molecule has 0 amide bonds. The van der Waals surface area contributed by atoms with Crippen molar-refractivity contribution in [1.82, 2.24) is 0 Å². The van der Waals surface area contributed by atoms with E-state index >= 15 is 0 Å². The number of aliphatic carboxylic acids is 1. The lowest BCUT2D eigenvalue weighted by atomic mass is 10.2. The van der Waals surface area contributed by atoms with E-state index in [9.17, 15) is 4.79 Å².